The number of aliphatic hydroxyl groups excluding tert-OH is 1. The van der Waals surface area contributed by atoms with Gasteiger partial charge in [0, 0.05) is 30.0 Å². The third-order valence-electron chi connectivity index (χ3n) is 4.37. The molecule has 2 N–H and O–H groups in total. The molecule has 0 spiro atoms. The monoisotopic (exact) mass is 260 g/mol. The van der Waals surface area contributed by atoms with Gasteiger partial charge in [0.2, 0.25) is 0 Å². The highest BCUT2D eigenvalue weighted by Gasteiger charge is 2.30. The molecule has 1 saturated heterocycles. The Morgan fingerprint density at radius 2 is 2.21 bits per heavy atom. The summed E-state index contributed by atoms with van der Waals surface area (Å²) >= 11 is 0. The van der Waals surface area contributed by atoms with Gasteiger partial charge in [0.1, 0.15) is 0 Å². The van der Waals surface area contributed by atoms with E-state index in [2.05, 4.69) is 24.1 Å². The van der Waals surface area contributed by atoms with E-state index in [4.69, 9.17) is 0 Å². The standard InChI is InChI=1S/C15H20N2O2/c1-9(2)10-5-6-17(8-10)11-3-4-12-13(7-11)16-15(19)14(12)18/h3-4,7,9-10,14,18H,5-6,8H2,1-2H3,(H,16,19). The Morgan fingerprint density at radius 1 is 1.42 bits per heavy atom. The van der Waals surface area contributed by atoms with E-state index in [9.17, 15) is 9.90 Å². The molecule has 0 aliphatic carbocycles. The van der Waals surface area contributed by atoms with Crippen LogP contribution in [0.15, 0.2) is 18.2 Å². The van der Waals surface area contributed by atoms with Crippen LogP contribution in [0.2, 0.25) is 0 Å². The molecule has 2 aliphatic heterocycles. The average Bonchev–Trinajstić information content (AvgIpc) is 2.96. The molecule has 3 rings (SSSR count). The van der Waals surface area contributed by atoms with Crippen molar-refractivity contribution in [2.45, 2.75) is 26.4 Å². The lowest BCUT2D eigenvalue weighted by molar-refractivity contribution is -0.123. The molecule has 1 fully saturated rings. The van der Waals surface area contributed by atoms with E-state index in [0.29, 0.717) is 11.5 Å². The van der Waals surface area contributed by atoms with Crippen LogP contribution < -0.4 is 10.2 Å². The van der Waals surface area contributed by atoms with Crippen LogP contribution in [0.3, 0.4) is 0 Å². The number of hydrogen-bond acceptors (Lipinski definition) is 3. The molecule has 2 unspecified atom stereocenters. The van der Waals surface area contributed by atoms with E-state index in [1.807, 2.05) is 18.2 Å². The molecular formula is C15H20N2O2. The average molecular weight is 260 g/mol. The van der Waals surface area contributed by atoms with Crippen molar-refractivity contribution in [3.8, 4) is 0 Å². The van der Waals surface area contributed by atoms with Crippen molar-refractivity contribution < 1.29 is 9.90 Å². The summed E-state index contributed by atoms with van der Waals surface area (Å²) in [6.07, 6.45) is 0.218. The first-order chi connectivity index (χ1) is 9.06. The van der Waals surface area contributed by atoms with Crippen LogP contribution in [-0.2, 0) is 4.79 Å². The molecule has 2 heterocycles. The summed E-state index contributed by atoms with van der Waals surface area (Å²) in [5.41, 5.74) is 2.58. The Morgan fingerprint density at radius 3 is 2.89 bits per heavy atom. The molecule has 1 aromatic carbocycles. The number of hydrogen-bond donors (Lipinski definition) is 2. The number of fused-ring (bicyclic) bond motifs is 1. The lowest BCUT2D eigenvalue weighted by Gasteiger charge is -2.20. The first-order valence-corrected chi connectivity index (χ1v) is 6.94. The molecule has 102 valence electrons. The quantitative estimate of drug-likeness (QED) is 0.856. The Hall–Kier alpha value is -1.55. The summed E-state index contributed by atoms with van der Waals surface area (Å²) in [6, 6.07) is 5.84. The zero-order chi connectivity index (χ0) is 13.6. The van der Waals surface area contributed by atoms with Crippen LogP contribution in [0.1, 0.15) is 31.9 Å². The van der Waals surface area contributed by atoms with Crippen molar-refractivity contribution >= 4 is 17.3 Å². The molecule has 1 amide bonds. The van der Waals surface area contributed by atoms with E-state index in [1.54, 1.807) is 0 Å². The molecule has 0 radical (unpaired) electrons. The largest absolute Gasteiger partial charge is 0.378 e. The molecule has 1 aromatic rings. The zero-order valence-electron chi connectivity index (χ0n) is 11.4. The van der Waals surface area contributed by atoms with E-state index in [-0.39, 0.29) is 5.91 Å². The number of rotatable bonds is 2. The maximum absolute atomic E-state index is 11.4. The second kappa shape index (κ2) is 4.53. The molecule has 2 aliphatic rings. The van der Waals surface area contributed by atoms with Crippen molar-refractivity contribution in [2.75, 3.05) is 23.3 Å². The van der Waals surface area contributed by atoms with E-state index in [1.165, 1.54) is 6.42 Å². The third-order valence-corrected chi connectivity index (χ3v) is 4.37. The molecule has 0 bridgehead atoms. The van der Waals surface area contributed by atoms with Crippen LogP contribution in [0.25, 0.3) is 0 Å². The van der Waals surface area contributed by atoms with Gasteiger partial charge >= 0.3 is 0 Å². The predicted octanol–water partition coefficient (Wildman–Crippen LogP) is 2.15. The lowest BCUT2D eigenvalue weighted by Crippen LogP contribution is -2.21. The number of nitrogens with one attached hydrogen (secondary N) is 1. The summed E-state index contributed by atoms with van der Waals surface area (Å²) in [4.78, 5) is 13.8. The van der Waals surface area contributed by atoms with E-state index < -0.39 is 6.10 Å². The first-order valence-electron chi connectivity index (χ1n) is 6.94. The van der Waals surface area contributed by atoms with Gasteiger partial charge in [-0.05, 0) is 30.4 Å². The summed E-state index contributed by atoms with van der Waals surface area (Å²) in [7, 11) is 0. The maximum atomic E-state index is 11.4. The fourth-order valence-corrected chi connectivity index (χ4v) is 3.00. The van der Waals surface area contributed by atoms with Crippen LogP contribution in [0, 0.1) is 11.8 Å². The minimum absolute atomic E-state index is 0.325. The SMILES string of the molecule is CC(C)C1CCN(c2ccc3c(c2)NC(=O)C3O)C1. The van der Waals surface area contributed by atoms with Crippen LogP contribution in [-0.4, -0.2) is 24.1 Å². The summed E-state index contributed by atoms with van der Waals surface area (Å²) in [5.74, 6) is 1.13. The Kier molecular flexibility index (Phi) is 2.97. The second-order valence-corrected chi connectivity index (χ2v) is 5.90. The Labute approximate surface area is 113 Å². The van der Waals surface area contributed by atoms with Crippen LogP contribution >= 0.6 is 0 Å². The number of carbonyl (C=O) groups excluding carboxylic acids is 1. The molecule has 2 atom stereocenters. The fraction of sp³-hybridized carbons (Fsp3) is 0.533. The Balaban J connectivity index is 1.81. The molecule has 0 aromatic heterocycles. The summed E-state index contributed by atoms with van der Waals surface area (Å²) in [5, 5.41) is 12.4. The van der Waals surface area contributed by atoms with E-state index >= 15 is 0 Å². The van der Waals surface area contributed by atoms with E-state index in [0.717, 1.165) is 30.4 Å². The number of carbonyl (C=O) groups is 1. The number of anilines is 2. The van der Waals surface area contributed by atoms with Gasteiger partial charge in [-0.25, -0.2) is 0 Å². The van der Waals surface area contributed by atoms with Crippen molar-refractivity contribution in [3.63, 3.8) is 0 Å². The number of benzene rings is 1. The van der Waals surface area contributed by atoms with Gasteiger partial charge in [-0.3, -0.25) is 4.79 Å². The smallest absolute Gasteiger partial charge is 0.257 e. The van der Waals surface area contributed by atoms with Gasteiger partial charge in [0.25, 0.3) is 5.91 Å². The predicted molar refractivity (Wildman–Crippen MR) is 75.2 cm³/mol. The number of nitrogens with zero attached hydrogens (tertiary/aromatic N) is 1. The second-order valence-electron chi connectivity index (χ2n) is 5.90. The minimum atomic E-state index is -1.01. The normalized spacial score (nSPS) is 25.9. The molecule has 19 heavy (non-hydrogen) atoms. The molecule has 4 nitrogen and oxygen atoms in total. The van der Waals surface area contributed by atoms with Crippen molar-refractivity contribution in [3.05, 3.63) is 23.8 Å². The maximum Gasteiger partial charge on any atom is 0.257 e. The summed E-state index contributed by atoms with van der Waals surface area (Å²) < 4.78 is 0. The van der Waals surface area contributed by atoms with Crippen molar-refractivity contribution in [2.24, 2.45) is 11.8 Å². The van der Waals surface area contributed by atoms with Gasteiger partial charge in [-0.15, -0.1) is 0 Å². The molecule has 0 saturated carbocycles. The van der Waals surface area contributed by atoms with Gasteiger partial charge in [0.15, 0.2) is 6.10 Å². The highest BCUT2D eigenvalue weighted by molar-refractivity contribution is 6.02. The van der Waals surface area contributed by atoms with Gasteiger partial charge in [0.05, 0.1) is 0 Å². The molecule has 4 heteroatoms. The number of aliphatic hydroxyl groups is 1. The van der Waals surface area contributed by atoms with Crippen LogP contribution in [0.4, 0.5) is 11.4 Å². The topological polar surface area (TPSA) is 52.6 Å². The fourth-order valence-electron chi connectivity index (χ4n) is 3.00. The first kappa shape index (κ1) is 12.5. The highest BCUT2D eigenvalue weighted by Crippen LogP contribution is 2.36. The van der Waals surface area contributed by atoms with Crippen molar-refractivity contribution in [1.29, 1.82) is 0 Å². The van der Waals surface area contributed by atoms with Gasteiger partial charge in [-0.2, -0.15) is 0 Å². The van der Waals surface area contributed by atoms with Crippen molar-refractivity contribution in [1.82, 2.24) is 0 Å². The van der Waals surface area contributed by atoms with Gasteiger partial charge in [-0.1, -0.05) is 19.9 Å². The minimum Gasteiger partial charge on any atom is -0.378 e. The zero-order valence-corrected chi connectivity index (χ0v) is 11.4. The Bertz CT molecular complexity index is 513. The highest BCUT2D eigenvalue weighted by atomic mass is 16.3. The number of amides is 1. The van der Waals surface area contributed by atoms with Gasteiger partial charge < -0.3 is 15.3 Å². The third kappa shape index (κ3) is 2.10. The molecular weight excluding hydrogens is 240 g/mol. The summed E-state index contributed by atoms with van der Waals surface area (Å²) in [6.45, 7) is 6.69. The lowest BCUT2D eigenvalue weighted by atomic mass is 9.95. The van der Waals surface area contributed by atoms with Crippen LogP contribution in [0.5, 0.6) is 0 Å².